The van der Waals surface area contributed by atoms with Crippen molar-refractivity contribution in [3.8, 4) is 0 Å². The van der Waals surface area contributed by atoms with Crippen LogP contribution in [0.25, 0.3) is 0 Å². The number of rotatable bonds is 2. The molecule has 5 heteroatoms. The zero-order valence-corrected chi connectivity index (χ0v) is 10.2. The van der Waals surface area contributed by atoms with Gasteiger partial charge in [0.1, 0.15) is 6.10 Å². The van der Waals surface area contributed by atoms with Crippen molar-refractivity contribution in [1.29, 1.82) is 0 Å². The highest BCUT2D eigenvalue weighted by atomic mass is 35.5. The van der Waals surface area contributed by atoms with E-state index in [1.54, 1.807) is 18.2 Å². The van der Waals surface area contributed by atoms with Gasteiger partial charge in [0.15, 0.2) is 0 Å². The number of hydrogen-bond acceptors (Lipinski definition) is 3. The van der Waals surface area contributed by atoms with Crippen LogP contribution in [0.1, 0.15) is 19.3 Å². The van der Waals surface area contributed by atoms with Crippen molar-refractivity contribution in [2.75, 3.05) is 17.7 Å². The van der Waals surface area contributed by atoms with Gasteiger partial charge in [-0.3, -0.25) is 4.79 Å². The Morgan fingerprint density at radius 1 is 1.47 bits per heavy atom. The molecule has 1 fully saturated rings. The fourth-order valence-electron chi connectivity index (χ4n) is 1.82. The van der Waals surface area contributed by atoms with Gasteiger partial charge in [-0.25, -0.2) is 0 Å². The molecule has 1 saturated heterocycles. The molecular formula is C12H15ClN2O2. The quantitative estimate of drug-likeness (QED) is 0.797. The molecule has 1 aliphatic rings. The molecule has 2 rings (SSSR count). The Labute approximate surface area is 105 Å². The van der Waals surface area contributed by atoms with Gasteiger partial charge in [-0.2, -0.15) is 0 Å². The number of hydrogen-bond donors (Lipinski definition) is 2. The van der Waals surface area contributed by atoms with Crippen molar-refractivity contribution in [2.45, 2.75) is 25.4 Å². The van der Waals surface area contributed by atoms with Crippen LogP contribution in [-0.2, 0) is 9.53 Å². The van der Waals surface area contributed by atoms with E-state index >= 15 is 0 Å². The van der Waals surface area contributed by atoms with E-state index in [0.717, 1.165) is 19.3 Å². The first-order chi connectivity index (χ1) is 8.18. The molecule has 1 atom stereocenters. The van der Waals surface area contributed by atoms with Crippen LogP contribution in [0.5, 0.6) is 0 Å². The van der Waals surface area contributed by atoms with Crippen LogP contribution in [0.3, 0.4) is 0 Å². The Hall–Kier alpha value is -1.26. The van der Waals surface area contributed by atoms with Gasteiger partial charge in [0.05, 0.1) is 16.4 Å². The minimum Gasteiger partial charge on any atom is -0.397 e. The van der Waals surface area contributed by atoms with Crippen molar-refractivity contribution >= 4 is 28.9 Å². The molecule has 1 amide bonds. The molecule has 0 bridgehead atoms. The molecule has 17 heavy (non-hydrogen) atoms. The van der Waals surface area contributed by atoms with Crippen molar-refractivity contribution < 1.29 is 9.53 Å². The normalized spacial score (nSPS) is 19.9. The third-order valence-electron chi connectivity index (χ3n) is 2.77. The second-order valence-electron chi connectivity index (χ2n) is 4.05. The summed E-state index contributed by atoms with van der Waals surface area (Å²) in [6.07, 6.45) is 2.38. The third kappa shape index (κ3) is 2.90. The Bertz CT molecular complexity index is 397. The SMILES string of the molecule is Nc1cccc(Cl)c1NC(=O)C1CCCCO1. The third-order valence-corrected chi connectivity index (χ3v) is 3.08. The van der Waals surface area contributed by atoms with Gasteiger partial charge in [0.2, 0.25) is 0 Å². The summed E-state index contributed by atoms with van der Waals surface area (Å²) in [5.74, 6) is -0.176. The van der Waals surface area contributed by atoms with Gasteiger partial charge in [-0.15, -0.1) is 0 Å². The molecule has 1 aliphatic heterocycles. The number of carbonyl (C=O) groups is 1. The summed E-state index contributed by atoms with van der Waals surface area (Å²) in [6.45, 7) is 0.635. The second kappa shape index (κ2) is 5.38. The number of anilines is 2. The molecule has 0 saturated carbocycles. The van der Waals surface area contributed by atoms with Crippen LogP contribution in [0.4, 0.5) is 11.4 Å². The lowest BCUT2D eigenvalue weighted by atomic mass is 10.1. The summed E-state index contributed by atoms with van der Waals surface area (Å²) in [6, 6.07) is 5.13. The number of nitrogens with one attached hydrogen (secondary N) is 1. The lowest BCUT2D eigenvalue weighted by Gasteiger charge is -2.22. The van der Waals surface area contributed by atoms with Crippen molar-refractivity contribution in [1.82, 2.24) is 0 Å². The van der Waals surface area contributed by atoms with Gasteiger partial charge >= 0.3 is 0 Å². The molecule has 1 aromatic rings. The van der Waals surface area contributed by atoms with Gasteiger partial charge in [-0.1, -0.05) is 17.7 Å². The number of nitrogen functional groups attached to an aromatic ring is 1. The largest absolute Gasteiger partial charge is 0.397 e. The van der Waals surface area contributed by atoms with E-state index in [1.807, 2.05) is 0 Å². The number of nitrogens with two attached hydrogens (primary N) is 1. The zero-order chi connectivity index (χ0) is 12.3. The summed E-state index contributed by atoms with van der Waals surface area (Å²) in [7, 11) is 0. The highest BCUT2D eigenvalue weighted by molar-refractivity contribution is 6.34. The smallest absolute Gasteiger partial charge is 0.253 e. The molecule has 1 aromatic carbocycles. The van der Waals surface area contributed by atoms with Crippen LogP contribution in [0, 0.1) is 0 Å². The second-order valence-corrected chi connectivity index (χ2v) is 4.46. The van der Waals surface area contributed by atoms with E-state index in [-0.39, 0.29) is 12.0 Å². The van der Waals surface area contributed by atoms with Gasteiger partial charge in [0, 0.05) is 6.61 Å². The molecule has 0 radical (unpaired) electrons. The van der Waals surface area contributed by atoms with E-state index in [2.05, 4.69) is 5.32 Å². The van der Waals surface area contributed by atoms with Crippen molar-refractivity contribution in [3.05, 3.63) is 23.2 Å². The summed E-state index contributed by atoms with van der Waals surface area (Å²) < 4.78 is 5.40. The Morgan fingerprint density at radius 3 is 2.94 bits per heavy atom. The maximum absolute atomic E-state index is 11.9. The van der Waals surface area contributed by atoms with Crippen LogP contribution in [-0.4, -0.2) is 18.6 Å². The monoisotopic (exact) mass is 254 g/mol. The van der Waals surface area contributed by atoms with E-state index in [0.29, 0.717) is 23.0 Å². The molecule has 4 nitrogen and oxygen atoms in total. The lowest BCUT2D eigenvalue weighted by molar-refractivity contribution is -0.129. The van der Waals surface area contributed by atoms with Crippen molar-refractivity contribution in [3.63, 3.8) is 0 Å². The first kappa shape index (κ1) is 12.2. The Balaban J connectivity index is 2.07. The number of ether oxygens (including phenoxy) is 1. The van der Waals surface area contributed by atoms with Crippen LogP contribution in [0.2, 0.25) is 5.02 Å². The summed E-state index contributed by atoms with van der Waals surface area (Å²) in [4.78, 5) is 11.9. The molecule has 0 aromatic heterocycles. The first-order valence-corrected chi connectivity index (χ1v) is 6.03. The van der Waals surface area contributed by atoms with Crippen LogP contribution in [0.15, 0.2) is 18.2 Å². The maximum atomic E-state index is 11.9. The molecule has 92 valence electrons. The van der Waals surface area contributed by atoms with Gasteiger partial charge in [0.25, 0.3) is 5.91 Å². The first-order valence-electron chi connectivity index (χ1n) is 5.65. The van der Waals surface area contributed by atoms with E-state index in [1.165, 1.54) is 0 Å². The van der Waals surface area contributed by atoms with Crippen LogP contribution >= 0.6 is 11.6 Å². The average molecular weight is 255 g/mol. The van der Waals surface area contributed by atoms with E-state index in [9.17, 15) is 4.79 Å². The summed E-state index contributed by atoms with van der Waals surface area (Å²) >= 11 is 5.98. The molecule has 1 heterocycles. The molecule has 1 unspecified atom stereocenters. The Kier molecular flexibility index (Phi) is 3.86. The molecule has 0 aliphatic carbocycles. The van der Waals surface area contributed by atoms with Crippen LogP contribution < -0.4 is 11.1 Å². The lowest BCUT2D eigenvalue weighted by Crippen LogP contribution is -2.33. The zero-order valence-electron chi connectivity index (χ0n) is 9.41. The number of carbonyl (C=O) groups excluding carboxylic acids is 1. The highest BCUT2D eigenvalue weighted by Crippen LogP contribution is 2.28. The molecule has 3 N–H and O–H groups in total. The summed E-state index contributed by atoms with van der Waals surface area (Å²) in [5, 5.41) is 3.17. The fourth-order valence-corrected chi connectivity index (χ4v) is 2.05. The minimum absolute atomic E-state index is 0.176. The number of para-hydroxylation sites is 1. The average Bonchev–Trinajstić information content (AvgIpc) is 2.35. The van der Waals surface area contributed by atoms with Gasteiger partial charge < -0.3 is 15.8 Å². The maximum Gasteiger partial charge on any atom is 0.253 e. The topological polar surface area (TPSA) is 64.3 Å². The predicted octanol–water partition coefficient (Wildman–Crippen LogP) is 2.43. The molecule has 0 spiro atoms. The van der Waals surface area contributed by atoms with Gasteiger partial charge in [-0.05, 0) is 31.4 Å². The van der Waals surface area contributed by atoms with E-state index < -0.39 is 0 Å². The standard InChI is InChI=1S/C12H15ClN2O2/c13-8-4-3-5-9(14)11(8)15-12(16)10-6-1-2-7-17-10/h3-5,10H,1-2,6-7,14H2,(H,15,16). The minimum atomic E-state index is -0.389. The fraction of sp³-hybridized carbons (Fsp3) is 0.417. The highest BCUT2D eigenvalue weighted by Gasteiger charge is 2.23. The predicted molar refractivity (Wildman–Crippen MR) is 68.1 cm³/mol. The van der Waals surface area contributed by atoms with E-state index in [4.69, 9.17) is 22.1 Å². The number of benzene rings is 1. The van der Waals surface area contributed by atoms with Crippen molar-refractivity contribution in [2.24, 2.45) is 0 Å². The number of amides is 1. The summed E-state index contributed by atoms with van der Waals surface area (Å²) in [5.41, 5.74) is 6.69. The number of halogens is 1. The Morgan fingerprint density at radius 2 is 2.29 bits per heavy atom. The molecular weight excluding hydrogens is 240 g/mol.